The number of benzene rings is 2. The Labute approximate surface area is 149 Å². The number of amides is 1. The molecule has 0 aromatic heterocycles. The number of carbonyl (C=O) groups is 1. The van der Waals surface area contributed by atoms with E-state index in [-0.39, 0.29) is 5.91 Å². The molecule has 0 aliphatic carbocycles. The number of hydrogen-bond acceptors (Lipinski definition) is 4. The van der Waals surface area contributed by atoms with Crippen LogP contribution >= 0.6 is 0 Å². The summed E-state index contributed by atoms with van der Waals surface area (Å²) in [5, 5.41) is 2.94. The van der Waals surface area contributed by atoms with Gasteiger partial charge in [-0.05, 0) is 42.9 Å². The summed E-state index contributed by atoms with van der Waals surface area (Å²) in [6.45, 7) is 7.14. The first kappa shape index (κ1) is 18.8. The van der Waals surface area contributed by atoms with Gasteiger partial charge in [-0.1, -0.05) is 26.0 Å². The summed E-state index contributed by atoms with van der Waals surface area (Å²) >= 11 is 0. The normalized spacial score (nSPS) is 10.6. The van der Waals surface area contributed by atoms with Crippen LogP contribution in [0.1, 0.15) is 29.8 Å². The highest BCUT2D eigenvalue weighted by molar-refractivity contribution is 6.06. The predicted octanol–water partition coefficient (Wildman–Crippen LogP) is 3.80. The monoisotopic (exact) mass is 342 g/mol. The second-order valence-corrected chi connectivity index (χ2v) is 5.68. The first-order valence-electron chi connectivity index (χ1n) is 8.45. The molecule has 2 rings (SSSR count). The molecule has 0 atom stereocenters. The molecule has 134 valence electrons. The zero-order chi connectivity index (χ0) is 18.2. The Morgan fingerprint density at radius 2 is 1.80 bits per heavy atom. The van der Waals surface area contributed by atoms with Crippen molar-refractivity contribution in [3.05, 3.63) is 53.6 Å². The molecular weight excluding hydrogens is 316 g/mol. The molecule has 1 amide bonds. The predicted molar refractivity (Wildman–Crippen MR) is 101 cm³/mol. The molecule has 5 heteroatoms. The lowest BCUT2D eigenvalue weighted by atomic mass is 10.1. The zero-order valence-corrected chi connectivity index (χ0v) is 15.3. The van der Waals surface area contributed by atoms with Gasteiger partial charge in [0.2, 0.25) is 0 Å². The molecule has 0 aliphatic heterocycles. The van der Waals surface area contributed by atoms with Gasteiger partial charge in [0.15, 0.2) is 0 Å². The SMILES string of the molecule is CCN(CC)Cc1cccc(NC(=O)c2ccc(OC)cc2OC)c1. The van der Waals surface area contributed by atoms with Gasteiger partial charge in [-0.15, -0.1) is 0 Å². The van der Waals surface area contributed by atoms with Gasteiger partial charge in [-0.3, -0.25) is 9.69 Å². The number of nitrogens with zero attached hydrogens (tertiary/aromatic N) is 1. The average Bonchev–Trinajstić information content (AvgIpc) is 2.65. The minimum atomic E-state index is -0.209. The Bertz CT molecular complexity index is 712. The second kappa shape index (κ2) is 9.08. The first-order valence-corrected chi connectivity index (χ1v) is 8.45. The van der Waals surface area contributed by atoms with Crippen molar-refractivity contribution in [2.24, 2.45) is 0 Å². The highest BCUT2D eigenvalue weighted by Crippen LogP contribution is 2.25. The molecule has 0 radical (unpaired) electrons. The maximum atomic E-state index is 12.6. The molecule has 0 spiro atoms. The largest absolute Gasteiger partial charge is 0.497 e. The molecule has 2 aromatic rings. The molecular formula is C20H26N2O3. The van der Waals surface area contributed by atoms with Crippen LogP contribution in [0.15, 0.2) is 42.5 Å². The van der Waals surface area contributed by atoms with Crippen molar-refractivity contribution in [1.29, 1.82) is 0 Å². The Morgan fingerprint density at radius 1 is 1.04 bits per heavy atom. The number of carbonyl (C=O) groups excluding carboxylic acids is 1. The van der Waals surface area contributed by atoms with Crippen LogP contribution in [0.2, 0.25) is 0 Å². The molecule has 0 saturated carbocycles. The summed E-state index contributed by atoms with van der Waals surface area (Å²) in [6.07, 6.45) is 0. The Kier molecular flexibility index (Phi) is 6.83. The van der Waals surface area contributed by atoms with Gasteiger partial charge in [0.05, 0.1) is 19.8 Å². The number of anilines is 1. The van der Waals surface area contributed by atoms with Crippen LogP contribution in [0.3, 0.4) is 0 Å². The van der Waals surface area contributed by atoms with E-state index in [0.717, 1.165) is 25.3 Å². The van der Waals surface area contributed by atoms with Crippen LogP contribution in [0.4, 0.5) is 5.69 Å². The number of hydrogen-bond donors (Lipinski definition) is 1. The summed E-state index contributed by atoms with van der Waals surface area (Å²) in [6, 6.07) is 13.1. The van der Waals surface area contributed by atoms with Crippen LogP contribution in [0.25, 0.3) is 0 Å². The lowest BCUT2D eigenvalue weighted by Gasteiger charge is -2.18. The van der Waals surface area contributed by atoms with Gasteiger partial charge in [-0.25, -0.2) is 0 Å². The fourth-order valence-corrected chi connectivity index (χ4v) is 2.64. The number of methoxy groups -OCH3 is 2. The summed E-state index contributed by atoms with van der Waals surface area (Å²) in [7, 11) is 3.12. The van der Waals surface area contributed by atoms with Crippen LogP contribution in [0, 0.1) is 0 Å². The summed E-state index contributed by atoms with van der Waals surface area (Å²) in [5.74, 6) is 0.922. The highest BCUT2D eigenvalue weighted by Gasteiger charge is 2.14. The van der Waals surface area contributed by atoms with E-state index in [1.165, 1.54) is 12.7 Å². The van der Waals surface area contributed by atoms with Crippen molar-refractivity contribution in [2.75, 3.05) is 32.6 Å². The highest BCUT2D eigenvalue weighted by atomic mass is 16.5. The zero-order valence-electron chi connectivity index (χ0n) is 15.3. The summed E-state index contributed by atoms with van der Waals surface area (Å²) in [5.41, 5.74) is 2.41. The third-order valence-electron chi connectivity index (χ3n) is 4.14. The molecule has 0 fully saturated rings. The van der Waals surface area contributed by atoms with Gasteiger partial charge in [0.1, 0.15) is 11.5 Å². The lowest BCUT2D eigenvalue weighted by Crippen LogP contribution is -2.22. The van der Waals surface area contributed by atoms with Crippen molar-refractivity contribution in [1.82, 2.24) is 4.90 Å². The number of nitrogens with one attached hydrogen (secondary N) is 1. The van der Waals surface area contributed by atoms with Gasteiger partial charge in [-0.2, -0.15) is 0 Å². The van der Waals surface area contributed by atoms with E-state index < -0.39 is 0 Å². The Hall–Kier alpha value is -2.53. The fraction of sp³-hybridized carbons (Fsp3) is 0.350. The minimum absolute atomic E-state index is 0.209. The summed E-state index contributed by atoms with van der Waals surface area (Å²) in [4.78, 5) is 14.9. The van der Waals surface area contributed by atoms with Crippen molar-refractivity contribution < 1.29 is 14.3 Å². The molecule has 2 aromatic carbocycles. The Balaban J connectivity index is 2.15. The van der Waals surface area contributed by atoms with Crippen molar-refractivity contribution >= 4 is 11.6 Å². The van der Waals surface area contributed by atoms with Crippen molar-refractivity contribution in [3.63, 3.8) is 0 Å². The van der Waals surface area contributed by atoms with E-state index in [1.807, 2.05) is 18.2 Å². The van der Waals surface area contributed by atoms with E-state index in [0.29, 0.717) is 17.1 Å². The Morgan fingerprint density at radius 3 is 2.44 bits per heavy atom. The van der Waals surface area contributed by atoms with Gasteiger partial charge in [0, 0.05) is 18.3 Å². The number of rotatable bonds is 8. The van der Waals surface area contributed by atoms with Crippen LogP contribution < -0.4 is 14.8 Å². The molecule has 1 N–H and O–H groups in total. The maximum absolute atomic E-state index is 12.6. The van der Waals surface area contributed by atoms with Crippen LogP contribution in [0.5, 0.6) is 11.5 Å². The average molecular weight is 342 g/mol. The molecule has 25 heavy (non-hydrogen) atoms. The van der Waals surface area contributed by atoms with E-state index >= 15 is 0 Å². The summed E-state index contributed by atoms with van der Waals surface area (Å²) < 4.78 is 10.5. The third-order valence-corrected chi connectivity index (χ3v) is 4.14. The van der Waals surface area contributed by atoms with Crippen LogP contribution in [-0.2, 0) is 6.54 Å². The molecule has 0 unspecified atom stereocenters. The van der Waals surface area contributed by atoms with Gasteiger partial charge < -0.3 is 14.8 Å². The number of ether oxygens (including phenoxy) is 2. The third kappa shape index (κ3) is 4.97. The minimum Gasteiger partial charge on any atom is -0.497 e. The quantitative estimate of drug-likeness (QED) is 0.793. The van der Waals surface area contributed by atoms with E-state index in [2.05, 4.69) is 30.1 Å². The standard InChI is InChI=1S/C20H26N2O3/c1-5-22(6-2)14-15-8-7-9-16(12-15)21-20(23)18-11-10-17(24-3)13-19(18)25-4/h7-13H,5-6,14H2,1-4H3,(H,21,23). The topological polar surface area (TPSA) is 50.8 Å². The fourth-order valence-electron chi connectivity index (χ4n) is 2.64. The van der Waals surface area contributed by atoms with Crippen molar-refractivity contribution in [2.45, 2.75) is 20.4 Å². The molecule has 0 aliphatic rings. The van der Waals surface area contributed by atoms with E-state index in [1.54, 1.807) is 25.3 Å². The van der Waals surface area contributed by atoms with E-state index in [9.17, 15) is 4.79 Å². The molecule has 0 bridgehead atoms. The van der Waals surface area contributed by atoms with Gasteiger partial charge >= 0.3 is 0 Å². The molecule has 0 heterocycles. The molecule has 0 saturated heterocycles. The van der Waals surface area contributed by atoms with Crippen LogP contribution in [-0.4, -0.2) is 38.1 Å². The molecule has 5 nitrogen and oxygen atoms in total. The second-order valence-electron chi connectivity index (χ2n) is 5.68. The smallest absolute Gasteiger partial charge is 0.259 e. The maximum Gasteiger partial charge on any atom is 0.259 e. The van der Waals surface area contributed by atoms with E-state index in [4.69, 9.17) is 9.47 Å². The first-order chi connectivity index (χ1) is 12.1. The lowest BCUT2D eigenvalue weighted by molar-refractivity contribution is 0.102. The van der Waals surface area contributed by atoms with Crippen molar-refractivity contribution in [3.8, 4) is 11.5 Å². The van der Waals surface area contributed by atoms with Gasteiger partial charge in [0.25, 0.3) is 5.91 Å².